The summed E-state index contributed by atoms with van der Waals surface area (Å²) in [6.45, 7) is 1.96. The lowest BCUT2D eigenvalue weighted by Crippen LogP contribution is -2.02. The van der Waals surface area contributed by atoms with Gasteiger partial charge in [0.05, 0.1) is 19.6 Å². The molecule has 0 amide bonds. The Balaban J connectivity index is 2.28. The van der Waals surface area contributed by atoms with E-state index in [1.54, 1.807) is 20.3 Å². The smallest absolute Gasteiger partial charge is 0.193 e. The predicted octanol–water partition coefficient (Wildman–Crippen LogP) is 4.68. The number of rotatable bonds is 4. The van der Waals surface area contributed by atoms with Gasteiger partial charge in [0.1, 0.15) is 22.8 Å². The molecule has 5 heteroatoms. The first-order chi connectivity index (χ1) is 11.5. The number of fused-ring (bicyclic) bond motifs is 1. The summed E-state index contributed by atoms with van der Waals surface area (Å²) in [6, 6.07) is 10.8. The Morgan fingerprint density at radius 1 is 1.00 bits per heavy atom. The third-order valence-electron chi connectivity index (χ3n) is 3.83. The van der Waals surface area contributed by atoms with E-state index in [2.05, 4.69) is 15.9 Å². The maximum Gasteiger partial charge on any atom is 0.193 e. The van der Waals surface area contributed by atoms with Gasteiger partial charge in [0.25, 0.3) is 0 Å². The molecule has 0 saturated heterocycles. The summed E-state index contributed by atoms with van der Waals surface area (Å²) in [6.07, 6.45) is 0. The van der Waals surface area contributed by atoms with E-state index in [-0.39, 0.29) is 5.43 Å². The molecule has 0 bridgehead atoms. The second-order valence-electron chi connectivity index (χ2n) is 5.51. The molecule has 124 valence electrons. The molecule has 0 spiro atoms. The maximum atomic E-state index is 12.6. The van der Waals surface area contributed by atoms with Crippen molar-refractivity contribution < 1.29 is 13.9 Å². The number of alkyl halides is 1. The number of ether oxygens (including phenoxy) is 2. The topological polar surface area (TPSA) is 48.7 Å². The first kappa shape index (κ1) is 16.6. The van der Waals surface area contributed by atoms with Crippen LogP contribution in [0.1, 0.15) is 11.1 Å². The fraction of sp³-hybridized carbons (Fsp3) is 0.211. The zero-order valence-electron chi connectivity index (χ0n) is 13.7. The molecule has 0 atom stereocenters. The van der Waals surface area contributed by atoms with Gasteiger partial charge in [0.15, 0.2) is 5.43 Å². The average Bonchev–Trinajstić information content (AvgIpc) is 2.60. The van der Waals surface area contributed by atoms with E-state index in [1.807, 2.05) is 31.2 Å². The van der Waals surface area contributed by atoms with Gasteiger partial charge >= 0.3 is 0 Å². The van der Waals surface area contributed by atoms with Crippen LogP contribution < -0.4 is 14.9 Å². The van der Waals surface area contributed by atoms with E-state index in [4.69, 9.17) is 13.9 Å². The van der Waals surface area contributed by atoms with Crippen molar-refractivity contribution in [2.45, 2.75) is 12.3 Å². The molecule has 24 heavy (non-hydrogen) atoms. The van der Waals surface area contributed by atoms with Crippen molar-refractivity contribution in [3.8, 4) is 22.8 Å². The first-order valence-electron chi connectivity index (χ1n) is 7.42. The van der Waals surface area contributed by atoms with E-state index in [9.17, 15) is 4.79 Å². The zero-order chi connectivity index (χ0) is 17.3. The van der Waals surface area contributed by atoms with Gasteiger partial charge in [-0.15, -0.1) is 0 Å². The van der Waals surface area contributed by atoms with E-state index in [0.29, 0.717) is 33.6 Å². The molecule has 0 radical (unpaired) electrons. The standard InChI is InChI=1S/C19H17BrO4/c1-11-4-13(10-20)19-16(5-11)17(21)9-18(24-19)12-6-14(22-2)8-15(7-12)23-3/h4-9H,10H2,1-3H3. The molecule has 0 saturated carbocycles. The van der Waals surface area contributed by atoms with Crippen LogP contribution in [0, 0.1) is 6.92 Å². The zero-order valence-corrected chi connectivity index (χ0v) is 15.3. The number of halogens is 1. The second kappa shape index (κ2) is 6.69. The maximum absolute atomic E-state index is 12.6. The van der Waals surface area contributed by atoms with E-state index >= 15 is 0 Å². The van der Waals surface area contributed by atoms with Crippen molar-refractivity contribution in [3.05, 3.63) is 57.7 Å². The van der Waals surface area contributed by atoms with Crippen molar-refractivity contribution in [1.29, 1.82) is 0 Å². The lowest BCUT2D eigenvalue weighted by Gasteiger charge is -2.10. The molecule has 1 aromatic heterocycles. The monoisotopic (exact) mass is 388 g/mol. The highest BCUT2D eigenvalue weighted by Gasteiger charge is 2.13. The van der Waals surface area contributed by atoms with Gasteiger partial charge in [-0.1, -0.05) is 22.0 Å². The van der Waals surface area contributed by atoms with Gasteiger partial charge in [-0.05, 0) is 30.7 Å². The number of methoxy groups -OCH3 is 2. The Bertz CT molecular complexity index is 937. The van der Waals surface area contributed by atoms with Gasteiger partial charge in [0.2, 0.25) is 0 Å². The van der Waals surface area contributed by atoms with Crippen LogP contribution in [0.15, 0.2) is 45.6 Å². The number of hydrogen-bond donors (Lipinski definition) is 0. The minimum absolute atomic E-state index is 0.0704. The van der Waals surface area contributed by atoms with E-state index in [0.717, 1.165) is 16.7 Å². The highest BCUT2D eigenvalue weighted by atomic mass is 79.9. The van der Waals surface area contributed by atoms with Gasteiger partial charge in [0, 0.05) is 28.6 Å². The van der Waals surface area contributed by atoms with Crippen LogP contribution in [0.5, 0.6) is 11.5 Å². The van der Waals surface area contributed by atoms with Crippen molar-refractivity contribution in [2.75, 3.05) is 14.2 Å². The number of aryl methyl sites for hydroxylation is 1. The molecule has 3 aromatic rings. The van der Waals surface area contributed by atoms with Crippen molar-refractivity contribution in [3.63, 3.8) is 0 Å². The van der Waals surface area contributed by atoms with Crippen molar-refractivity contribution >= 4 is 26.9 Å². The van der Waals surface area contributed by atoms with Crippen LogP contribution in [0.4, 0.5) is 0 Å². The molecule has 0 unspecified atom stereocenters. The lowest BCUT2D eigenvalue weighted by molar-refractivity contribution is 0.394. The number of hydrogen-bond acceptors (Lipinski definition) is 4. The van der Waals surface area contributed by atoms with Gasteiger partial charge in [-0.2, -0.15) is 0 Å². The van der Waals surface area contributed by atoms with Crippen molar-refractivity contribution in [2.24, 2.45) is 0 Å². The summed E-state index contributed by atoms with van der Waals surface area (Å²) in [7, 11) is 3.17. The predicted molar refractivity (Wildman–Crippen MR) is 98.4 cm³/mol. The molecule has 0 aliphatic carbocycles. The molecule has 0 N–H and O–H groups in total. The van der Waals surface area contributed by atoms with Crippen LogP contribution in [0.2, 0.25) is 0 Å². The largest absolute Gasteiger partial charge is 0.497 e. The van der Waals surface area contributed by atoms with Crippen LogP contribution >= 0.6 is 15.9 Å². The highest BCUT2D eigenvalue weighted by Crippen LogP contribution is 2.31. The summed E-state index contributed by atoms with van der Waals surface area (Å²) in [5.41, 5.74) is 3.23. The summed E-state index contributed by atoms with van der Waals surface area (Å²) in [5, 5.41) is 1.20. The van der Waals surface area contributed by atoms with Gasteiger partial charge in [-0.3, -0.25) is 4.79 Å². The Labute approximate surface area is 148 Å². The second-order valence-corrected chi connectivity index (χ2v) is 6.07. The molecular formula is C19H17BrO4. The third-order valence-corrected chi connectivity index (χ3v) is 4.43. The molecular weight excluding hydrogens is 372 g/mol. The van der Waals surface area contributed by atoms with Crippen molar-refractivity contribution in [1.82, 2.24) is 0 Å². The lowest BCUT2D eigenvalue weighted by atomic mass is 10.1. The Morgan fingerprint density at radius 3 is 2.25 bits per heavy atom. The summed E-state index contributed by atoms with van der Waals surface area (Å²) in [4.78, 5) is 12.6. The van der Waals surface area contributed by atoms with Crippen LogP contribution in [-0.4, -0.2) is 14.2 Å². The number of benzene rings is 2. The molecule has 3 rings (SSSR count). The Hall–Kier alpha value is -2.27. The summed E-state index contributed by atoms with van der Waals surface area (Å²) < 4.78 is 16.6. The fourth-order valence-electron chi connectivity index (χ4n) is 2.68. The van der Waals surface area contributed by atoms with E-state index < -0.39 is 0 Å². The quantitative estimate of drug-likeness (QED) is 0.608. The highest BCUT2D eigenvalue weighted by molar-refractivity contribution is 9.08. The molecule has 0 fully saturated rings. The minimum atomic E-state index is -0.0704. The normalized spacial score (nSPS) is 10.8. The minimum Gasteiger partial charge on any atom is -0.497 e. The van der Waals surface area contributed by atoms with Gasteiger partial charge in [-0.25, -0.2) is 0 Å². The van der Waals surface area contributed by atoms with Crippen LogP contribution in [-0.2, 0) is 5.33 Å². The summed E-state index contributed by atoms with van der Waals surface area (Å²) >= 11 is 3.46. The van der Waals surface area contributed by atoms with Gasteiger partial charge < -0.3 is 13.9 Å². The van der Waals surface area contributed by atoms with E-state index in [1.165, 1.54) is 6.07 Å². The molecule has 1 heterocycles. The fourth-order valence-corrected chi connectivity index (χ4v) is 3.10. The summed E-state index contributed by atoms with van der Waals surface area (Å²) in [5.74, 6) is 1.75. The molecule has 0 aliphatic heterocycles. The average molecular weight is 389 g/mol. The van der Waals surface area contributed by atoms with Crippen LogP contribution in [0.3, 0.4) is 0 Å². The first-order valence-corrected chi connectivity index (χ1v) is 8.54. The Morgan fingerprint density at radius 2 is 1.67 bits per heavy atom. The molecule has 0 aliphatic rings. The molecule has 4 nitrogen and oxygen atoms in total. The molecule has 2 aromatic carbocycles. The third kappa shape index (κ3) is 3.04. The van der Waals surface area contributed by atoms with Crippen LogP contribution in [0.25, 0.3) is 22.3 Å². The Kier molecular flexibility index (Phi) is 4.62. The SMILES string of the molecule is COc1cc(OC)cc(-c2cc(=O)c3cc(C)cc(CBr)c3o2)c1.